The Balaban J connectivity index is 2.04. The van der Waals surface area contributed by atoms with Crippen molar-refractivity contribution >= 4 is 27.5 Å². The molecule has 8 nitrogen and oxygen atoms in total. The van der Waals surface area contributed by atoms with E-state index in [-0.39, 0.29) is 17.3 Å². The van der Waals surface area contributed by atoms with Gasteiger partial charge in [0.1, 0.15) is 18.3 Å². The molecule has 1 unspecified atom stereocenters. The van der Waals surface area contributed by atoms with Crippen molar-refractivity contribution < 1.29 is 22.7 Å². The highest BCUT2D eigenvalue weighted by atomic mass is 32.2. The Morgan fingerprint density at radius 2 is 1.54 bits per heavy atom. The molecule has 0 aromatic heterocycles. The molecular weight excluding hydrogens is 490 g/mol. The van der Waals surface area contributed by atoms with Crippen LogP contribution in [-0.4, -0.2) is 51.9 Å². The second-order valence-electron chi connectivity index (χ2n) is 8.83. The number of carbonyl (C=O) groups is 2. The van der Waals surface area contributed by atoms with E-state index < -0.39 is 28.5 Å². The van der Waals surface area contributed by atoms with Gasteiger partial charge in [-0.05, 0) is 73.9 Å². The van der Waals surface area contributed by atoms with Crippen molar-refractivity contribution in [3.63, 3.8) is 0 Å². The molecule has 0 bridgehead atoms. The van der Waals surface area contributed by atoms with E-state index >= 15 is 0 Å². The molecule has 0 aliphatic rings. The number of hydrogen-bond donors (Lipinski definition) is 1. The van der Waals surface area contributed by atoms with Gasteiger partial charge in [-0.1, -0.05) is 36.4 Å². The highest BCUT2D eigenvalue weighted by Crippen LogP contribution is 2.26. The van der Waals surface area contributed by atoms with Crippen LogP contribution < -0.4 is 14.4 Å². The fourth-order valence-electron chi connectivity index (χ4n) is 4.06. The maximum Gasteiger partial charge on any atom is 0.264 e. The number of nitrogens with one attached hydrogen (secondary N) is 1. The zero-order valence-corrected chi connectivity index (χ0v) is 22.6. The molecule has 9 heteroatoms. The fourth-order valence-corrected chi connectivity index (χ4v) is 5.48. The summed E-state index contributed by atoms with van der Waals surface area (Å²) in [5.41, 5.74) is 2.88. The fraction of sp³-hybridized carbons (Fsp3) is 0.286. The standard InChI is InChI=1S/C28H33N3O5S/c1-20-15-21(2)17-24(16-20)31(37(34,35)26-9-7-6-8-10-26)19-27(32)30(22(3)28(33)29-4)18-23-11-13-25(36-5)14-12-23/h6-17,22H,18-19H2,1-5H3,(H,29,33). The first-order valence-electron chi connectivity index (χ1n) is 11.9. The molecule has 0 heterocycles. The zero-order valence-electron chi connectivity index (χ0n) is 21.8. The first-order valence-corrected chi connectivity index (χ1v) is 13.3. The SMILES string of the molecule is CNC(=O)C(C)N(Cc1ccc(OC)cc1)C(=O)CN(c1cc(C)cc(C)c1)S(=O)(=O)c1ccccc1. The molecule has 3 aromatic carbocycles. The van der Waals surface area contributed by atoms with Gasteiger partial charge in [-0.3, -0.25) is 13.9 Å². The summed E-state index contributed by atoms with van der Waals surface area (Å²) in [5, 5.41) is 2.58. The first kappa shape index (κ1) is 27.7. The van der Waals surface area contributed by atoms with Crippen LogP contribution in [0.2, 0.25) is 0 Å². The van der Waals surface area contributed by atoms with E-state index in [1.165, 1.54) is 24.1 Å². The van der Waals surface area contributed by atoms with Gasteiger partial charge in [-0.15, -0.1) is 0 Å². The van der Waals surface area contributed by atoms with Gasteiger partial charge in [0, 0.05) is 13.6 Å². The van der Waals surface area contributed by atoms with Crippen molar-refractivity contribution in [1.29, 1.82) is 0 Å². The molecule has 1 atom stereocenters. The van der Waals surface area contributed by atoms with Gasteiger partial charge in [-0.25, -0.2) is 8.42 Å². The van der Waals surface area contributed by atoms with Crippen LogP contribution in [0.3, 0.4) is 0 Å². The minimum atomic E-state index is -4.08. The van der Waals surface area contributed by atoms with Gasteiger partial charge in [-0.2, -0.15) is 0 Å². The van der Waals surface area contributed by atoms with E-state index in [2.05, 4.69) is 5.32 Å². The van der Waals surface area contributed by atoms with Gasteiger partial charge < -0.3 is 15.0 Å². The van der Waals surface area contributed by atoms with E-state index in [0.29, 0.717) is 11.4 Å². The van der Waals surface area contributed by atoms with E-state index in [1.54, 1.807) is 68.6 Å². The van der Waals surface area contributed by atoms with Gasteiger partial charge in [0.25, 0.3) is 10.0 Å². The number of anilines is 1. The number of nitrogens with zero attached hydrogens (tertiary/aromatic N) is 2. The Morgan fingerprint density at radius 3 is 2.08 bits per heavy atom. The third kappa shape index (κ3) is 6.68. The second-order valence-corrected chi connectivity index (χ2v) is 10.7. The molecule has 0 fully saturated rings. The number of carbonyl (C=O) groups excluding carboxylic acids is 2. The molecule has 0 aliphatic heterocycles. The number of aryl methyl sites for hydroxylation is 2. The third-order valence-corrected chi connectivity index (χ3v) is 7.82. The molecule has 3 rings (SSSR count). The molecule has 3 aromatic rings. The number of rotatable bonds is 10. The van der Waals surface area contributed by atoms with Gasteiger partial charge in [0.15, 0.2) is 0 Å². The monoisotopic (exact) mass is 523 g/mol. The molecule has 0 radical (unpaired) electrons. The lowest BCUT2D eigenvalue weighted by atomic mass is 10.1. The van der Waals surface area contributed by atoms with Crippen LogP contribution in [0, 0.1) is 13.8 Å². The summed E-state index contributed by atoms with van der Waals surface area (Å²) >= 11 is 0. The molecule has 196 valence electrons. The predicted octanol–water partition coefficient (Wildman–Crippen LogP) is 3.67. The van der Waals surface area contributed by atoms with Crippen molar-refractivity contribution in [1.82, 2.24) is 10.2 Å². The summed E-state index contributed by atoms with van der Waals surface area (Å²) in [7, 11) is -1.02. The molecular formula is C28H33N3O5S. The summed E-state index contributed by atoms with van der Waals surface area (Å²) in [6.45, 7) is 5.00. The minimum Gasteiger partial charge on any atom is -0.497 e. The first-order chi connectivity index (χ1) is 17.6. The van der Waals surface area contributed by atoms with Crippen molar-refractivity contribution in [3.8, 4) is 5.75 Å². The number of sulfonamides is 1. The minimum absolute atomic E-state index is 0.0722. The zero-order chi connectivity index (χ0) is 27.2. The molecule has 37 heavy (non-hydrogen) atoms. The van der Waals surface area contributed by atoms with Crippen molar-refractivity contribution in [3.05, 3.63) is 89.5 Å². The van der Waals surface area contributed by atoms with Gasteiger partial charge in [0.05, 0.1) is 17.7 Å². The number of ether oxygens (including phenoxy) is 1. The highest BCUT2D eigenvalue weighted by Gasteiger charge is 2.32. The number of likely N-dealkylation sites (N-methyl/N-ethyl adjacent to an activating group) is 1. The van der Waals surface area contributed by atoms with Crippen LogP contribution >= 0.6 is 0 Å². The maximum absolute atomic E-state index is 13.8. The van der Waals surface area contributed by atoms with Crippen LogP contribution in [0.5, 0.6) is 5.75 Å². The number of amides is 2. The summed E-state index contributed by atoms with van der Waals surface area (Å²) in [5.74, 6) is -0.202. The number of benzene rings is 3. The second kappa shape index (κ2) is 11.9. The van der Waals surface area contributed by atoms with Gasteiger partial charge in [0.2, 0.25) is 11.8 Å². The summed E-state index contributed by atoms with van der Waals surface area (Å²) in [6.07, 6.45) is 0. The highest BCUT2D eigenvalue weighted by molar-refractivity contribution is 7.92. The lowest BCUT2D eigenvalue weighted by Crippen LogP contribution is -2.50. The Morgan fingerprint density at radius 1 is 0.946 bits per heavy atom. The molecule has 0 spiro atoms. The van der Waals surface area contributed by atoms with Crippen LogP contribution in [0.4, 0.5) is 5.69 Å². The Kier molecular flexibility index (Phi) is 8.94. The molecule has 2 amide bonds. The normalized spacial score (nSPS) is 11.9. The van der Waals surface area contributed by atoms with E-state index in [0.717, 1.165) is 21.0 Å². The number of methoxy groups -OCH3 is 1. The summed E-state index contributed by atoms with van der Waals surface area (Å²) < 4.78 is 33.8. The molecule has 0 saturated heterocycles. The Hall–Kier alpha value is -3.85. The summed E-state index contributed by atoms with van der Waals surface area (Å²) in [6, 6.07) is 19.7. The molecule has 0 saturated carbocycles. The van der Waals surface area contributed by atoms with Crippen molar-refractivity contribution in [2.24, 2.45) is 0 Å². The van der Waals surface area contributed by atoms with E-state index in [9.17, 15) is 18.0 Å². The van der Waals surface area contributed by atoms with Crippen LogP contribution in [0.15, 0.2) is 77.7 Å². The summed E-state index contributed by atoms with van der Waals surface area (Å²) in [4.78, 5) is 27.8. The maximum atomic E-state index is 13.8. The predicted molar refractivity (Wildman–Crippen MR) is 144 cm³/mol. The Bertz CT molecular complexity index is 1320. The number of hydrogen-bond acceptors (Lipinski definition) is 5. The largest absolute Gasteiger partial charge is 0.497 e. The Labute approximate surface area is 218 Å². The molecule has 0 aliphatic carbocycles. The van der Waals surface area contributed by atoms with Crippen molar-refractivity contribution in [2.45, 2.75) is 38.3 Å². The van der Waals surface area contributed by atoms with Crippen LogP contribution in [0.1, 0.15) is 23.6 Å². The van der Waals surface area contributed by atoms with E-state index in [4.69, 9.17) is 4.74 Å². The van der Waals surface area contributed by atoms with Crippen LogP contribution in [0.25, 0.3) is 0 Å². The average molecular weight is 524 g/mol. The van der Waals surface area contributed by atoms with Gasteiger partial charge >= 0.3 is 0 Å². The smallest absolute Gasteiger partial charge is 0.264 e. The lowest BCUT2D eigenvalue weighted by molar-refractivity contribution is -0.139. The van der Waals surface area contributed by atoms with Crippen LogP contribution in [-0.2, 0) is 26.2 Å². The van der Waals surface area contributed by atoms with Crippen molar-refractivity contribution in [2.75, 3.05) is 25.0 Å². The quantitative estimate of drug-likeness (QED) is 0.438. The van der Waals surface area contributed by atoms with E-state index in [1.807, 2.05) is 19.9 Å². The lowest BCUT2D eigenvalue weighted by Gasteiger charge is -2.32. The average Bonchev–Trinajstić information content (AvgIpc) is 2.89. The topological polar surface area (TPSA) is 96.0 Å². The molecule has 1 N–H and O–H groups in total. The third-order valence-electron chi connectivity index (χ3n) is 6.03.